The van der Waals surface area contributed by atoms with Crippen LogP contribution in [0, 0.1) is 6.92 Å². The third kappa shape index (κ3) is 6.23. The van der Waals surface area contributed by atoms with Crippen LogP contribution in [0.15, 0.2) is 83.8 Å². The summed E-state index contributed by atoms with van der Waals surface area (Å²) in [6, 6.07) is 21.5. The summed E-state index contributed by atoms with van der Waals surface area (Å²) in [5.41, 5.74) is 1.36. The second-order valence-electron chi connectivity index (χ2n) is 8.96. The van der Waals surface area contributed by atoms with Crippen LogP contribution in [0.3, 0.4) is 0 Å². The van der Waals surface area contributed by atoms with Crippen LogP contribution in [-0.2, 0) is 14.8 Å². The molecule has 0 aromatic heterocycles. The van der Waals surface area contributed by atoms with Crippen LogP contribution < -0.4 is 14.9 Å². The number of nitrogens with one attached hydrogen (secondary N) is 2. The Labute approximate surface area is 200 Å². The topological polar surface area (TPSA) is 95.6 Å². The molecule has 2 amide bonds. The number of hydrogen-bond acceptors (Lipinski definition) is 4. The first-order chi connectivity index (χ1) is 16.0. The molecule has 0 saturated heterocycles. The Bertz CT molecular complexity index is 1280. The number of hydrogen-bond donors (Lipinski definition) is 2. The third-order valence-electron chi connectivity index (χ3n) is 4.84. The Morgan fingerprint density at radius 2 is 1.53 bits per heavy atom. The van der Waals surface area contributed by atoms with Crippen LogP contribution in [-0.4, -0.2) is 32.3 Å². The van der Waals surface area contributed by atoms with Crippen molar-refractivity contribution in [2.75, 3.05) is 16.2 Å². The fraction of sp³-hybridized carbons (Fsp3) is 0.231. The summed E-state index contributed by atoms with van der Waals surface area (Å²) in [5, 5.41) is 5.58. The SMILES string of the molecule is Cc1cccc(N(CC(=O)Nc2ccccc2C(=O)NC(C)(C)C)S(=O)(=O)c2ccccc2)c1. The molecule has 0 saturated carbocycles. The monoisotopic (exact) mass is 479 g/mol. The summed E-state index contributed by atoms with van der Waals surface area (Å²) < 4.78 is 28.0. The van der Waals surface area contributed by atoms with Gasteiger partial charge >= 0.3 is 0 Å². The molecule has 0 radical (unpaired) electrons. The van der Waals surface area contributed by atoms with Gasteiger partial charge in [0.15, 0.2) is 0 Å². The first-order valence-electron chi connectivity index (χ1n) is 10.8. The van der Waals surface area contributed by atoms with E-state index in [4.69, 9.17) is 0 Å². The molecule has 0 unspecified atom stereocenters. The molecule has 2 N–H and O–H groups in total. The molecule has 0 bridgehead atoms. The largest absolute Gasteiger partial charge is 0.347 e. The van der Waals surface area contributed by atoms with Crippen molar-refractivity contribution in [3.05, 3.63) is 90.0 Å². The summed E-state index contributed by atoms with van der Waals surface area (Å²) in [4.78, 5) is 25.9. The maximum absolute atomic E-state index is 13.4. The van der Waals surface area contributed by atoms with E-state index in [1.165, 1.54) is 12.1 Å². The van der Waals surface area contributed by atoms with Crippen molar-refractivity contribution in [2.45, 2.75) is 38.1 Å². The standard InChI is InChI=1S/C26H29N3O4S/c1-19-11-10-12-20(17-19)29(34(32,33)21-13-6-5-7-14-21)18-24(30)27-23-16-9-8-15-22(23)25(31)28-26(2,3)4/h5-17H,18H2,1-4H3,(H,27,30)(H,28,31). The second kappa shape index (κ2) is 10.1. The number of aryl methyl sites for hydroxylation is 1. The van der Waals surface area contributed by atoms with Crippen molar-refractivity contribution in [2.24, 2.45) is 0 Å². The second-order valence-corrected chi connectivity index (χ2v) is 10.8. The van der Waals surface area contributed by atoms with Gasteiger partial charge < -0.3 is 10.6 Å². The minimum absolute atomic E-state index is 0.0780. The molecule has 3 rings (SSSR count). The quantitative estimate of drug-likeness (QED) is 0.526. The highest BCUT2D eigenvalue weighted by atomic mass is 32.2. The smallest absolute Gasteiger partial charge is 0.264 e. The van der Waals surface area contributed by atoms with E-state index in [1.54, 1.807) is 60.7 Å². The molecular weight excluding hydrogens is 450 g/mol. The van der Waals surface area contributed by atoms with E-state index in [9.17, 15) is 18.0 Å². The Kier molecular flexibility index (Phi) is 7.41. The average molecular weight is 480 g/mol. The van der Waals surface area contributed by atoms with Crippen molar-refractivity contribution in [1.29, 1.82) is 0 Å². The number of carbonyl (C=O) groups is 2. The van der Waals surface area contributed by atoms with Crippen molar-refractivity contribution in [3.8, 4) is 0 Å². The van der Waals surface area contributed by atoms with Gasteiger partial charge in [-0.1, -0.05) is 42.5 Å². The van der Waals surface area contributed by atoms with Gasteiger partial charge in [0, 0.05) is 5.54 Å². The van der Waals surface area contributed by atoms with Crippen LogP contribution in [0.1, 0.15) is 36.7 Å². The molecule has 3 aromatic rings. The molecule has 34 heavy (non-hydrogen) atoms. The Hall–Kier alpha value is -3.65. The highest BCUT2D eigenvalue weighted by Crippen LogP contribution is 2.25. The van der Waals surface area contributed by atoms with E-state index in [0.29, 0.717) is 16.9 Å². The number of para-hydroxylation sites is 1. The van der Waals surface area contributed by atoms with Gasteiger partial charge in [-0.3, -0.25) is 13.9 Å². The molecule has 0 aliphatic heterocycles. The van der Waals surface area contributed by atoms with Crippen molar-refractivity contribution < 1.29 is 18.0 Å². The lowest BCUT2D eigenvalue weighted by molar-refractivity contribution is -0.114. The molecule has 8 heteroatoms. The zero-order valence-corrected chi connectivity index (χ0v) is 20.5. The van der Waals surface area contributed by atoms with Crippen molar-refractivity contribution in [3.63, 3.8) is 0 Å². The van der Waals surface area contributed by atoms with Gasteiger partial charge in [0.2, 0.25) is 5.91 Å². The van der Waals surface area contributed by atoms with Crippen LogP contribution in [0.2, 0.25) is 0 Å². The molecule has 0 heterocycles. The fourth-order valence-electron chi connectivity index (χ4n) is 3.34. The fourth-order valence-corrected chi connectivity index (χ4v) is 4.77. The van der Waals surface area contributed by atoms with Gasteiger partial charge in [-0.2, -0.15) is 0 Å². The van der Waals surface area contributed by atoms with Gasteiger partial charge in [0.1, 0.15) is 6.54 Å². The maximum Gasteiger partial charge on any atom is 0.264 e. The average Bonchev–Trinajstić information content (AvgIpc) is 2.77. The Balaban J connectivity index is 1.92. The summed E-state index contributed by atoms with van der Waals surface area (Å²) in [7, 11) is -4.02. The lowest BCUT2D eigenvalue weighted by Crippen LogP contribution is -2.41. The van der Waals surface area contributed by atoms with Crippen LogP contribution >= 0.6 is 0 Å². The highest BCUT2D eigenvalue weighted by Gasteiger charge is 2.28. The van der Waals surface area contributed by atoms with Crippen LogP contribution in [0.5, 0.6) is 0 Å². The highest BCUT2D eigenvalue weighted by molar-refractivity contribution is 7.92. The number of rotatable bonds is 7. The molecule has 0 spiro atoms. The molecular formula is C26H29N3O4S. The molecule has 0 aliphatic rings. The summed E-state index contributed by atoms with van der Waals surface area (Å²) in [6.45, 7) is 6.97. The molecule has 7 nitrogen and oxygen atoms in total. The van der Waals surface area contributed by atoms with Gasteiger partial charge in [0.05, 0.1) is 21.8 Å². The number of nitrogens with zero attached hydrogens (tertiary/aromatic N) is 1. The summed E-state index contributed by atoms with van der Waals surface area (Å²) in [6.07, 6.45) is 0. The van der Waals surface area contributed by atoms with E-state index >= 15 is 0 Å². The van der Waals surface area contributed by atoms with Crippen LogP contribution in [0.4, 0.5) is 11.4 Å². The van der Waals surface area contributed by atoms with E-state index < -0.39 is 28.0 Å². The van der Waals surface area contributed by atoms with E-state index in [1.807, 2.05) is 33.8 Å². The van der Waals surface area contributed by atoms with E-state index in [0.717, 1.165) is 9.87 Å². The zero-order chi connectivity index (χ0) is 24.9. The minimum atomic E-state index is -4.02. The predicted octanol–water partition coefficient (Wildman–Crippen LogP) is 4.36. The van der Waals surface area contributed by atoms with E-state index in [-0.39, 0.29) is 10.8 Å². The summed E-state index contributed by atoms with van der Waals surface area (Å²) in [5.74, 6) is -0.909. The van der Waals surface area contributed by atoms with Crippen molar-refractivity contribution >= 4 is 33.2 Å². The lowest BCUT2D eigenvalue weighted by atomic mass is 10.1. The number of benzene rings is 3. The molecule has 0 atom stereocenters. The first-order valence-corrected chi connectivity index (χ1v) is 12.3. The molecule has 0 aliphatic carbocycles. The van der Waals surface area contributed by atoms with E-state index in [2.05, 4.69) is 10.6 Å². The Morgan fingerprint density at radius 3 is 2.18 bits per heavy atom. The molecule has 0 fully saturated rings. The van der Waals surface area contributed by atoms with Gasteiger partial charge in [-0.15, -0.1) is 0 Å². The number of carbonyl (C=O) groups excluding carboxylic acids is 2. The molecule has 178 valence electrons. The number of anilines is 2. The normalized spacial score (nSPS) is 11.5. The zero-order valence-electron chi connectivity index (χ0n) is 19.7. The Morgan fingerprint density at radius 1 is 0.882 bits per heavy atom. The number of amides is 2. The van der Waals surface area contributed by atoms with Crippen molar-refractivity contribution in [1.82, 2.24) is 5.32 Å². The number of sulfonamides is 1. The van der Waals surface area contributed by atoms with Gasteiger partial charge in [-0.05, 0) is 69.7 Å². The maximum atomic E-state index is 13.4. The minimum Gasteiger partial charge on any atom is -0.347 e. The summed E-state index contributed by atoms with van der Waals surface area (Å²) >= 11 is 0. The van der Waals surface area contributed by atoms with Gasteiger partial charge in [0.25, 0.3) is 15.9 Å². The predicted molar refractivity (Wildman–Crippen MR) is 134 cm³/mol. The van der Waals surface area contributed by atoms with Gasteiger partial charge in [-0.25, -0.2) is 8.42 Å². The lowest BCUT2D eigenvalue weighted by Gasteiger charge is -2.25. The van der Waals surface area contributed by atoms with Crippen LogP contribution in [0.25, 0.3) is 0 Å². The molecule has 3 aromatic carbocycles. The third-order valence-corrected chi connectivity index (χ3v) is 6.63. The first kappa shape index (κ1) is 25.0.